The van der Waals surface area contributed by atoms with Gasteiger partial charge in [0.15, 0.2) is 6.61 Å². The number of hydrogen-bond acceptors (Lipinski definition) is 7. The van der Waals surface area contributed by atoms with Gasteiger partial charge in [0.2, 0.25) is 11.7 Å². The first-order chi connectivity index (χ1) is 12.5. The van der Waals surface area contributed by atoms with E-state index in [1.54, 1.807) is 34.9 Å². The lowest BCUT2D eigenvalue weighted by Crippen LogP contribution is -2.46. The number of amides is 1. The number of esters is 1. The van der Waals surface area contributed by atoms with E-state index >= 15 is 0 Å². The Morgan fingerprint density at radius 3 is 3.19 bits per heavy atom. The summed E-state index contributed by atoms with van der Waals surface area (Å²) in [5.74, 6) is 0.657. The molecule has 1 aromatic carbocycles. The first-order valence-electron chi connectivity index (χ1n) is 8.17. The Hall–Kier alpha value is -2.06. The molecule has 2 aliphatic rings. The van der Waals surface area contributed by atoms with Gasteiger partial charge in [-0.2, -0.15) is 4.98 Å². The minimum absolute atomic E-state index is 0.000447. The Morgan fingerprint density at radius 2 is 2.38 bits per heavy atom. The van der Waals surface area contributed by atoms with Crippen molar-refractivity contribution in [2.75, 3.05) is 5.75 Å². The number of rotatable bonds is 4. The molecule has 2 atom stereocenters. The normalized spacial score (nSPS) is 24.8. The number of ether oxygens (including phenoxy) is 1. The van der Waals surface area contributed by atoms with Crippen molar-refractivity contribution in [2.45, 2.75) is 37.3 Å². The van der Waals surface area contributed by atoms with E-state index < -0.39 is 12.0 Å². The number of carbonyl (C=O) groups excluding carboxylic acids is 2. The number of halogens is 1. The Bertz CT molecular complexity index is 873. The molecular weight excluding hydrogens is 378 g/mol. The lowest BCUT2D eigenvalue weighted by molar-refractivity contribution is -0.155. The third-order valence-corrected chi connectivity index (χ3v) is 6.35. The number of carbonyl (C=O) groups is 2. The van der Waals surface area contributed by atoms with Gasteiger partial charge in [-0.05, 0) is 25.5 Å². The summed E-state index contributed by atoms with van der Waals surface area (Å²) >= 11 is 7.57. The van der Waals surface area contributed by atoms with Crippen LogP contribution in [0.25, 0.3) is 11.4 Å². The number of benzene rings is 1. The van der Waals surface area contributed by atoms with Gasteiger partial charge in [0, 0.05) is 22.8 Å². The monoisotopic (exact) mass is 393 g/mol. The van der Waals surface area contributed by atoms with Gasteiger partial charge in [-0.15, -0.1) is 11.8 Å². The Balaban J connectivity index is 1.40. The van der Waals surface area contributed by atoms with Crippen molar-refractivity contribution >= 4 is 35.2 Å². The molecule has 7 nitrogen and oxygen atoms in total. The summed E-state index contributed by atoms with van der Waals surface area (Å²) in [5.41, 5.74) is 0.712. The van der Waals surface area contributed by atoms with Gasteiger partial charge in [0.1, 0.15) is 6.04 Å². The molecule has 0 N–H and O–H groups in total. The first kappa shape index (κ1) is 17.4. The van der Waals surface area contributed by atoms with Crippen LogP contribution in [0.1, 0.15) is 25.7 Å². The number of aromatic nitrogens is 2. The summed E-state index contributed by atoms with van der Waals surface area (Å²) in [6, 6.07) is 6.51. The molecule has 2 aliphatic heterocycles. The molecule has 0 unspecified atom stereocenters. The third kappa shape index (κ3) is 3.07. The van der Waals surface area contributed by atoms with E-state index in [1.165, 1.54) is 0 Å². The molecule has 26 heavy (non-hydrogen) atoms. The predicted molar refractivity (Wildman–Crippen MR) is 95.3 cm³/mol. The Labute approximate surface area is 159 Å². The lowest BCUT2D eigenvalue weighted by Gasteiger charge is -2.29. The fourth-order valence-corrected chi connectivity index (χ4v) is 4.89. The quantitative estimate of drug-likeness (QED) is 0.738. The van der Waals surface area contributed by atoms with Crippen LogP contribution in [0.3, 0.4) is 0 Å². The average Bonchev–Trinajstić information content (AvgIpc) is 3.29. The Kier molecular flexibility index (Phi) is 4.40. The topological polar surface area (TPSA) is 85.5 Å². The number of thioether (sulfide) groups is 1. The van der Waals surface area contributed by atoms with Crippen LogP contribution < -0.4 is 0 Å². The van der Waals surface area contributed by atoms with E-state index in [2.05, 4.69) is 10.1 Å². The highest BCUT2D eigenvalue weighted by atomic mass is 35.5. The SMILES string of the molecule is C[C@]12CCC(=O)N1[C@@H](C(=O)OCc1nc(-c3cccc(Cl)c3)no1)CS2. The van der Waals surface area contributed by atoms with Crippen LogP contribution in [0.2, 0.25) is 5.02 Å². The van der Waals surface area contributed by atoms with Gasteiger partial charge < -0.3 is 14.2 Å². The summed E-state index contributed by atoms with van der Waals surface area (Å²) in [6.45, 7) is 1.86. The summed E-state index contributed by atoms with van der Waals surface area (Å²) < 4.78 is 10.5. The van der Waals surface area contributed by atoms with Crippen LogP contribution >= 0.6 is 23.4 Å². The van der Waals surface area contributed by atoms with Crippen molar-refractivity contribution in [2.24, 2.45) is 0 Å². The molecule has 9 heteroatoms. The lowest BCUT2D eigenvalue weighted by atomic mass is 10.2. The van der Waals surface area contributed by atoms with Crippen molar-refractivity contribution in [3.63, 3.8) is 0 Å². The van der Waals surface area contributed by atoms with Gasteiger partial charge in [-0.25, -0.2) is 4.79 Å². The van der Waals surface area contributed by atoms with Crippen molar-refractivity contribution in [3.05, 3.63) is 35.2 Å². The van der Waals surface area contributed by atoms with Crippen molar-refractivity contribution in [3.8, 4) is 11.4 Å². The van der Waals surface area contributed by atoms with Crippen LogP contribution in [-0.2, 0) is 20.9 Å². The van der Waals surface area contributed by atoms with E-state index in [9.17, 15) is 9.59 Å². The molecule has 136 valence electrons. The standard InChI is InChI=1S/C17H16ClN3O4S/c1-17-6-5-14(22)21(17)12(9-26-17)16(23)24-8-13-19-15(20-25-13)10-3-2-4-11(18)7-10/h2-4,7,12H,5-6,8-9H2,1H3/t12-,17+/m1/s1. The van der Waals surface area contributed by atoms with Crippen LogP contribution in [0.15, 0.2) is 28.8 Å². The molecule has 2 saturated heterocycles. The van der Waals surface area contributed by atoms with Gasteiger partial charge >= 0.3 is 5.97 Å². The number of hydrogen-bond donors (Lipinski definition) is 0. The highest BCUT2D eigenvalue weighted by Crippen LogP contribution is 2.47. The molecule has 0 radical (unpaired) electrons. The fraction of sp³-hybridized carbons (Fsp3) is 0.412. The second-order valence-corrected chi connectivity index (χ2v) is 8.33. The second kappa shape index (κ2) is 6.59. The molecule has 0 spiro atoms. The van der Waals surface area contributed by atoms with Crippen LogP contribution in [0.4, 0.5) is 0 Å². The van der Waals surface area contributed by atoms with E-state index in [1.807, 2.05) is 13.0 Å². The van der Waals surface area contributed by atoms with E-state index in [4.69, 9.17) is 20.9 Å². The molecule has 1 aromatic heterocycles. The minimum atomic E-state index is -0.560. The van der Waals surface area contributed by atoms with Gasteiger partial charge in [-0.3, -0.25) is 4.79 Å². The highest BCUT2D eigenvalue weighted by Gasteiger charge is 2.53. The predicted octanol–water partition coefficient (Wildman–Crippen LogP) is 2.89. The van der Waals surface area contributed by atoms with E-state index in [0.717, 1.165) is 6.42 Å². The Morgan fingerprint density at radius 1 is 1.54 bits per heavy atom. The van der Waals surface area contributed by atoms with Gasteiger partial charge in [-0.1, -0.05) is 28.9 Å². The minimum Gasteiger partial charge on any atom is -0.454 e. The van der Waals surface area contributed by atoms with E-state index in [0.29, 0.717) is 28.6 Å². The highest BCUT2D eigenvalue weighted by molar-refractivity contribution is 8.01. The van der Waals surface area contributed by atoms with Crippen LogP contribution in [0, 0.1) is 0 Å². The van der Waals surface area contributed by atoms with Gasteiger partial charge in [0.25, 0.3) is 5.89 Å². The first-order valence-corrected chi connectivity index (χ1v) is 9.54. The van der Waals surface area contributed by atoms with Crippen molar-refractivity contribution in [1.29, 1.82) is 0 Å². The largest absolute Gasteiger partial charge is 0.454 e. The molecular formula is C17H16ClN3O4S. The number of nitrogens with zero attached hydrogens (tertiary/aromatic N) is 3. The zero-order valence-electron chi connectivity index (χ0n) is 14.0. The maximum atomic E-state index is 12.4. The van der Waals surface area contributed by atoms with Crippen molar-refractivity contribution < 1.29 is 18.8 Å². The summed E-state index contributed by atoms with van der Waals surface area (Å²) in [5, 5.41) is 4.44. The van der Waals surface area contributed by atoms with Gasteiger partial charge in [0.05, 0.1) is 4.87 Å². The zero-order valence-corrected chi connectivity index (χ0v) is 15.5. The molecule has 0 bridgehead atoms. The molecule has 0 saturated carbocycles. The molecule has 4 rings (SSSR count). The maximum Gasteiger partial charge on any atom is 0.330 e. The molecule has 3 heterocycles. The zero-order chi connectivity index (χ0) is 18.3. The molecule has 0 aliphatic carbocycles. The van der Waals surface area contributed by atoms with E-state index in [-0.39, 0.29) is 23.3 Å². The summed E-state index contributed by atoms with van der Waals surface area (Å²) in [7, 11) is 0. The second-order valence-electron chi connectivity index (χ2n) is 6.40. The fourth-order valence-electron chi connectivity index (χ4n) is 3.28. The van der Waals surface area contributed by atoms with Crippen molar-refractivity contribution in [1.82, 2.24) is 15.0 Å². The molecule has 2 aromatic rings. The maximum absolute atomic E-state index is 12.4. The van der Waals surface area contributed by atoms with Crippen LogP contribution in [0.5, 0.6) is 0 Å². The molecule has 1 amide bonds. The van der Waals surface area contributed by atoms with Crippen LogP contribution in [-0.4, -0.2) is 43.6 Å². The smallest absolute Gasteiger partial charge is 0.330 e. The average molecular weight is 394 g/mol. The number of fused-ring (bicyclic) bond motifs is 1. The third-order valence-electron chi connectivity index (χ3n) is 4.61. The summed E-state index contributed by atoms with van der Waals surface area (Å²) in [4.78, 5) is 30.1. The molecule has 2 fully saturated rings. The summed E-state index contributed by atoms with van der Waals surface area (Å²) in [6.07, 6.45) is 1.23.